The molecule has 0 aliphatic rings. The number of rotatable bonds is 7. The summed E-state index contributed by atoms with van der Waals surface area (Å²) in [5, 5.41) is 4.03. The highest BCUT2D eigenvalue weighted by molar-refractivity contribution is 5.18. The lowest BCUT2D eigenvalue weighted by atomic mass is 10.0. The third kappa shape index (κ3) is 3.68. The number of hydrogen-bond donors (Lipinski definition) is 1. The molecule has 0 aliphatic carbocycles. The van der Waals surface area contributed by atoms with E-state index in [1.807, 2.05) is 44.2 Å². The zero-order valence-corrected chi connectivity index (χ0v) is 12.9. The second-order valence-corrected chi connectivity index (χ2v) is 5.36. The first-order chi connectivity index (χ1) is 10.1. The van der Waals surface area contributed by atoms with Gasteiger partial charge in [-0.2, -0.15) is 4.98 Å². The standard InChI is InChI=1S/C16H23N3O2/c1-4-16(2,20-3)15-18-14(21-19-15)11-10-13(17)12-8-6-5-7-9-12/h5-9,13H,4,10-11,17H2,1-3H3. The molecule has 114 valence electrons. The molecule has 0 saturated heterocycles. The average molecular weight is 289 g/mol. The maximum Gasteiger partial charge on any atom is 0.226 e. The van der Waals surface area contributed by atoms with Crippen molar-refractivity contribution in [3.05, 3.63) is 47.6 Å². The molecule has 1 aromatic carbocycles. The van der Waals surface area contributed by atoms with E-state index in [4.69, 9.17) is 15.0 Å². The van der Waals surface area contributed by atoms with Crippen LogP contribution in [0.15, 0.2) is 34.9 Å². The van der Waals surface area contributed by atoms with Gasteiger partial charge in [0, 0.05) is 19.6 Å². The lowest BCUT2D eigenvalue weighted by molar-refractivity contribution is -0.0106. The van der Waals surface area contributed by atoms with Crippen LogP contribution < -0.4 is 5.73 Å². The third-order valence-corrected chi connectivity index (χ3v) is 3.96. The largest absolute Gasteiger partial charge is 0.370 e. The van der Waals surface area contributed by atoms with Gasteiger partial charge in [0.1, 0.15) is 5.60 Å². The van der Waals surface area contributed by atoms with Gasteiger partial charge in [-0.25, -0.2) is 0 Å². The Bertz CT molecular complexity index is 550. The smallest absolute Gasteiger partial charge is 0.226 e. The van der Waals surface area contributed by atoms with E-state index in [1.165, 1.54) is 0 Å². The van der Waals surface area contributed by atoms with E-state index in [-0.39, 0.29) is 6.04 Å². The molecule has 1 heterocycles. The predicted molar refractivity (Wildman–Crippen MR) is 80.6 cm³/mol. The zero-order chi connectivity index (χ0) is 15.3. The number of hydrogen-bond acceptors (Lipinski definition) is 5. The van der Waals surface area contributed by atoms with E-state index in [1.54, 1.807) is 7.11 Å². The zero-order valence-electron chi connectivity index (χ0n) is 12.9. The lowest BCUT2D eigenvalue weighted by Crippen LogP contribution is -2.24. The van der Waals surface area contributed by atoms with Gasteiger partial charge in [0.15, 0.2) is 0 Å². The van der Waals surface area contributed by atoms with Crippen LogP contribution in [0.4, 0.5) is 0 Å². The van der Waals surface area contributed by atoms with Gasteiger partial charge in [0.05, 0.1) is 0 Å². The molecule has 0 fully saturated rings. The normalized spacial score (nSPS) is 15.6. The van der Waals surface area contributed by atoms with Gasteiger partial charge in [0.25, 0.3) is 0 Å². The Hall–Kier alpha value is -1.72. The minimum Gasteiger partial charge on any atom is -0.370 e. The second kappa shape index (κ2) is 6.83. The first kappa shape index (κ1) is 15.7. The molecule has 0 radical (unpaired) electrons. The summed E-state index contributed by atoms with van der Waals surface area (Å²) in [7, 11) is 1.66. The molecule has 0 amide bonds. The summed E-state index contributed by atoms with van der Waals surface area (Å²) in [6.07, 6.45) is 2.21. The molecule has 5 nitrogen and oxygen atoms in total. The summed E-state index contributed by atoms with van der Waals surface area (Å²) in [6.45, 7) is 3.99. The molecular weight excluding hydrogens is 266 g/mol. The summed E-state index contributed by atoms with van der Waals surface area (Å²) in [5.74, 6) is 1.20. The van der Waals surface area contributed by atoms with Crippen LogP contribution in [0, 0.1) is 0 Å². The van der Waals surface area contributed by atoms with Crippen LogP contribution in [0.25, 0.3) is 0 Å². The van der Waals surface area contributed by atoms with Gasteiger partial charge in [0.2, 0.25) is 11.7 Å². The first-order valence-corrected chi connectivity index (χ1v) is 7.28. The fourth-order valence-electron chi connectivity index (χ4n) is 2.11. The van der Waals surface area contributed by atoms with Gasteiger partial charge in [-0.05, 0) is 25.3 Å². The fourth-order valence-corrected chi connectivity index (χ4v) is 2.11. The van der Waals surface area contributed by atoms with Gasteiger partial charge in [-0.15, -0.1) is 0 Å². The van der Waals surface area contributed by atoms with Crippen molar-refractivity contribution < 1.29 is 9.26 Å². The molecule has 1 aromatic heterocycles. The van der Waals surface area contributed by atoms with Crippen molar-refractivity contribution in [1.82, 2.24) is 10.1 Å². The highest BCUT2D eigenvalue weighted by Crippen LogP contribution is 2.26. The van der Waals surface area contributed by atoms with E-state index in [9.17, 15) is 0 Å². The van der Waals surface area contributed by atoms with Crippen LogP contribution in [0.1, 0.15) is 50.0 Å². The quantitative estimate of drug-likeness (QED) is 0.848. The summed E-state index contributed by atoms with van der Waals surface area (Å²) in [5.41, 5.74) is 6.79. The summed E-state index contributed by atoms with van der Waals surface area (Å²) in [4.78, 5) is 4.43. The SMILES string of the molecule is CCC(C)(OC)c1noc(CCC(N)c2ccccc2)n1. The number of aromatic nitrogens is 2. The van der Waals surface area contributed by atoms with Crippen molar-refractivity contribution in [3.63, 3.8) is 0 Å². The Morgan fingerprint density at radius 1 is 1.33 bits per heavy atom. The molecule has 5 heteroatoms. The van der Waals surface area contributed by atoms with Crippen molar-refractivity contribution in [2.45, 2.75) is 44.8 Å². The van der Waals surface area contributed by atoms with E-state index in [2.05, 4.69) is 10.1 Å². The van der Waals surface area contributed by atoms with Crippen molar-refractivity contribution in [3.8, 4) is 0 Å². The Kier molecular flexibility index (Phi) is 5.09. The Balaban J connectivity index is 1.97. The van der Waals surface area contributed by atoms with E-state index in [0.717, 1.165) is 18.4 Å². The predicted octanol–water partition coefficient (Wildman–Crippen LogP) is 2.97. The molecule has 0 aliphatic heterocycles. The molecule has 2 atom stereocenters. The lowest BCUT2D eigenvalue weighted by Gasteiger charge is -2.21. The van der Waals surface area contributed by atoms with Gasteiger partial charge in [-0.1, -0.05) is 42.4 Å². The van der Waals surface area contributed by atoms with Crippen LogP contribution in [0.2, 0.25) is 0 Å². The number of ether oxygens (including phenoxy) is 1. The molecule has 2 unspecified atom stereocenters. The number of aryl methyl sites for hydroxylation is 1. The number of nitrogens with two attached hydrogens (primary N) is 1. The molecule has 0 spiro atoms. The Morgan fingerprint density at radius 3 is 2.67 bits per heavy atom. The highest BCUT2D eigenvalue weighted by atomic mass is 16.5. The molecular formula is C16H23N3O2. The average Bonchev–Trinajstić information content (AvgIpc) is 3.02. The van der Waals surface area contributed by atoms with Crippen LogP contribution in [-0.2, 0) is 16.8 Å². The Morgan fingerprint density at radius 2 is 2.05 bits per heavy atom. The monoisotopic (exact) mass is 289 g/mol. The number of methoxy groups -OCH3 is 1. The van der Waals surface area contributed by atoms with Gasteiger partial charge in [-0.3, -0.25) is 0 Å². The van der Waals surface area contributed by atoms with Crippen molar-refractivity contribution >= 4 is 0 Å². The first-order valence-electron chi connectivity index (χ1n) is 7.28. The van der Waals surface area contributed by atoms with Crippen LogP contribution in [0.3, 0.4) is 0 Å². The van der Waals surface area contributed by atoms with Crippen molar-refractivity contribution in [2.24, 2.45) is 5.73 Å². The van der Waals surface area contributed by atoms with Gasteiger partial charge < -0.3 is 15.0 Å². The summed E-state index contributed by atoms with van der Waals surface area (Å²) >= 11 is 0. The van der Waals surface area contributed by atoms with E-state index >= 15 is 0 Å². The molecule has 2 rings (SSSR count). The summed E-state index contributed by atoms with van der Waals surface area (Å²) < 4.78 is 10.8. The topological polar surface area (TPSA) is 74.2 Å². The fraction of sp³-hybridized carbons (Fsp3) is 0.500. The van der Waals surface area contributed by atoms with Crippen LogP contribution in [0.5, 0.6) is 0 Å². The molecule has 21 heavy (non-hydrogen) atoms. The third-order valence-electron chi connectivity index (χ3n) is 3.96. The van der Waals surface area contributed by atoms with E-state index in [0.29, 0.717) is 18.1 Å². The maximum absolute atomic E-state index is 6.17. The molecule has 0 bridgehead atoms. The van der Waals surface area contributed by atoms with Crippen molar-refractivity contribution in [1.29, 1.82) is 0 Å². The minimum absolute atomic E-state index is 0.0264. The van der Waals surface area contributed by atoms with Crippen molar-refractivity contribution in [2.75, 3.05) is 7.11 Å². The number of nitrogens with zero attached hydrogens (tertiary/aromatic N) is 2. The second-order valence-electron chi connectivity index (χ2n) is 5.36. The minimum atomic E-state index is -0.497. The highest BCUT2D eigenvalue weighted by Gasteiger charge is 2.29. The summed E-state index contributed by atoms with van der Waals surface area (Å²) in [6, 6.07) is 10.0. The molecule has 2 N–H and O–H groups in total. The van der Waals surface area contributed by atoms with Crippen LogP contribution in [-0.4, -0.2) is 17.3 Å². The number of benzene rings is 1. The molecule has 0 saturated carbocycles. The van der Waals surface area contributed by atoms with E-state index < -0.39 is 5.60 Å². The van der Waals surface area contributed by atoms with Gasteiger partial charge >= 0.3 is 0 Å². The molecule has 2 aromatic rings. The maximum atomic E-state index is 6.17. The van der Waals surface area contributed by atoms with Crippen LogP contribution >= 0.6 is 0 Å². The Labute approximate surface area is 125 Å².